The van der Waals surface area contributed by atoms with Gasteiger partial charge in [0.2, 0.25) is 0 Å². The van der Waals surface area contributed by atoms with Gasteiger partial charge in [0.15, 0.2) is 10.9 Å². The maximum Gasteiger partial charge on any atom is 0.573 e. The predicted molar refractivity (Wildman–Crippen MR) is 109 cm³/mol. The first-order chi connectivity index (χ1) is 14.7. The lowest BCUT2D eigenvalue weighted by atomic mass is 10.1. The highest BCUT2D eigenvalue weighted by atomic mass is 32.1. The van der Waals surface area contributed by atoms with Gasteiger partial charge < -0.3 is 9.64 Å². The summed E-state index contributed by atoms with van der Waals surface area (Å²) in [4.78, 5) is 33.6. The summed E-state index contributed by atoms with van der Waals surface area (Å²) >= 11 is 1.25. The van der Waals surface area contributed by atoms with Crippen LogP contribution in [0.15, 0.2) is 24.3 Å². The van der Waals surface area contributed by atoms with Crippen LogP contribution in [0.4, 0.5) is 23.1 Å². The number of hydrogen-bond donors (Lipinski definition) is 0. The molecule has 2 fully saturated rings. The Balaban J connectivity index is 1.37. The molecule has 1 aromatic heterocycles. The van der Waals surface area contributed by atoms with E-state index in [9.17, 15) is 22.8 Å². The van der Waals surface area contributed by atoms with Gasteiger partial charge in [0, 0.05) is 26.1 Å². The highest BCUT2D eigenvalue weighted by Crippen LogP contribution is 2.35. The Hall–Kier alpha value is -2.62. The fourth-order valence-corrected chi connectivity index (χ4v) is 4.59. The van der Waals surface area contributed by atoms with Crippen LogP contribution in [0, 0.1) is 12.8 Å². The topological polar surface area (TPSA) is 62.7 Å². The number of aryl methyl sites for hydroxylation is 1. The van der Waals surface area contributed by atoms with Crippen molar-refractivity contribution in [3.05, 3.63) is 40.4 Å². The van der Waals surface area contributed by atoms with Crippen molar-refractivity contribution >= 4 is 28.3 Å². The first-order valence-electron chi connectivity index (χ1n) is 10.1. The summed E-state index contributed by atoms with van der Waals surface area (Å²) in [5, 5.41) is 0.508. The summed E-state index contributed by atoms with van der Waals surface area (Å²) < 4.78 is 40.7. The van der Waals surface area contributed by atoms with E-state index in [0.29, 0.717) is 46.7 Å². The summed E-state index contributed by atoms with van der Waals surface area (Å²) in [6.07, 6.45) is -0.903. The van der Waals surface area contributed by atoms with Crippen molar-refractivity contribution in [2.24, 2.45) is 5.92 Å². The van der Waals surface area contributed by atoms with Gasteiger partial charge in [-0.2, -0.15) is 0 Å². The molecule has 1 saturated carbocycles. The Morgan fingerprint density at radius 3 is 2.58 bits per heavy atom. The van der Waals surface area contributed by atoms with E-state index in [4.69, 9.17) is 0 Å². The monoisotopic (exact) mass is 453 g/mol. The predicted octanol–water partition coefficient (Wildman–Crippen LogP) is 5.17. The number of ketones is 1. The number of urea groups is 1. The fraction of sp³-hybridized carbons (Fsp3) is 0.476. The second kappa shape index (κ2) is 8.49. The number of hydrogen-bond acceptors (Lipinski definition) is 5. The molecular weight excluding hydrogens is 431 g/mol. The van der Waals surface area contributed by atoms with Gasteiger partial charge in [-0.1, -0.05) is 36.3 Å². The molecule has 6 nitrogen and oxygen atoms in total. The van der Waals surface area contributed by atoms with E-state index >= 15 is 0 Å². The number of ether oxygens (including phenoxy) is 1. The molecule has 31 heavy (non-hydrogen) atoms. The summed E-state index contributed by atoms with van der Waals surface area (Å²) in [6, 6.07) is 5.22. The van der Waals surface area contributed by atoms with E-state index < -0.39 is 6.36 Å². The Morgan fingerprint density at radius 2 is 1.94 bits per heavy atom. The largest absolute Gasteiger partial charge is 0.573 e. The molecule has 1 aliphatic heterocycles. The van der Waals surface area contributed by atoms with Crippen molar-refractivity contribution in [2.45, 2.75) is 45.5 Å². The summed E-state index contributed by atoms with van der Waals surface area (Å²) in [5.41, 5.74) is 1.34. The van der Waals surface area contributed by atoms with Crippen molar-refractivity contribution in [3.8, 4) is 5.75 Å². The number of halogens is 3. The molecular formula is C21H22F3N3O3S. The number of carbonyl (C=O) groups excluding carboxylic acids is 2. The van der Waals surface area contributed by atoms with Gasteiger partial charge in [-0.3, -0.25) is 9.69 Å². The van der Waals surface area contributed by atoms with Gasteiger partial charge in [0.1, 0.15) is 5.75 Å². The molecule has 0 atom stereocenters. The first kappa shape index (κ1) is 21.6. The van der Waals surface area contributed by atoms with Crippen LogP contribution < -0.4 is 9.64 Å². The average molecular weight is 453 g/mol. The van der Waals surface area contributed by atoms with Crippen LogP contribution in [0.1, 0.15) is 46.6 Å². The van der Waals surface area contributed by atoms with E-state index in [-0.39, 0.29) is 24.1 Å². The first-order valence-corrected chi connectivity index (χ1v) is 10.9. The molecule has 0 unspecified atom stereocenters. The SMILES string of the molecule is Cc1nc(N2CCN(Cc3ccc(OC(F)(F)F)cc3)C2=O)sc1C(=O)CCC1CC1. The maximum atomic E-state index is 12.8. The van der Waals surface area contributed by atoms with E-state index in [1.54, 1.807) is 16.7 Å². The van der Waals surface area contributed by atoms with E-state index in [0.717, 1.165) is 6.42 Å². The molecule has 0 radical (unpaired) electrons. The lowest BCUT2D eigenvalue weighted by Crippen LogP contribution is -2.31. The molecule has 2 aromatic rings. The molecule has 2 amide bonds. The Kier molecular flexibility index (Phi) is 5.92. The molecule has 1 aromatic carbocycles. The number of anilines is 1. The average Bonchev–Trinajstić information content (AvgIpc) is 3.36. The Bertz CT molecular complexity index is 970. The Labute approximate surface area is 181 Å². The van der Waals surface area contributed by atoms with E-state index in [1.165, 1.54) is 48.4 Å². The van der Waals surface area contributed by atoms with Gasteiger partial charge in [0.25, 0.3) is 0 Å². The van der Waals surface area contributed by atoms with Crippen molar-refractivity contribution < 1.29 is 27.5 Å². The number of Topliss-reactive ketones (excluding diaryl/α,β-unsaturated/α-hetero) is 1. The van der Waals surface area contributed by atoms with Crippen molar-refractivity contribution in [1.29, 1.82) is 0 Å². The van der Waals surface area contributed by atoms with Crippen LogP contribution in [0.25, 0.3) is 0 Å². The third kappa shape index (κ3) is 5.36. The minimum absolute atomic E-state index is 0.0813. The molecule has 10 heteroatoms. The van der Waals surface area contributed by atoms with Gasteiger partial charge in [-0.05, 0) is 37.0 Å². The third-order valence-corrected chi connectivity index (χ3v) is 6.59. The molecule has 0 N–H and O–H groups in total. The molecule has 0 spiro atoms. The van der Waals surface area contributed by atoms with Crippen LogP contribution in [-0.2, 0) is 6.54 Å². The standard InChI is InChI=1S/C21H22F3N3O3S/c1-13-18(17(28)9-6-14-2-3-14)31-19(25-13)27-11-10-26(20(27)29)12-15-4-7-16(8-5-15)30-21(22,23)24/h4-5,7-8,14H,2-3,6,9-12H2,1H3. The number of rotatable bonds is 8. The second-order valence-electron chi connectivity index (χ2n) is 7.86. The van der Waals surface area contributed by atoms with Gasteiger partial charge in [-0.15, -0.1) is 13.2 Å². The maximum absolute atomic E-state index is 12.8. The van der Waals surface area contributed by atoms with E-state index in [1.807, 2.05) is 0 Å². The van der Waals surface area contributed by atoms with Crippen LogP contribution in [0.2, 0.25) is 0 Å². The van der Waals surface area contributed by atoms with Crippen molar-refractivity contribution in [3.63, 3.8) is 0 Å². The van der Waals surface area contributed by atoms with Gasteiger partial charge in [-0.25, -0.2) is 9.78 Å². The molecule has 1 aliphatic carbocycles. The minimum atomic E-state index is -4.74. The van der Waals surface area contributed by atoms with Crippen molar-refractivity contribution in [1.82, 2.24) is 9.88 Å². The normalized spacial score (nSPS) is 16.8. The molecule has 4 rings (SSSR count). The number of benzene rings is 1. The number of nitrogens with zero attached hydrogens (tertiary/aromatic N) is 3. The smallest absolute Gasteiger partial charge is 0.406 e. The molecule has 1 saturated heterocycles. The van der Waals surface area contributed by atoms with Crippen LogP contribution in [0.3, 0.4) is 0 Å². The number of aromatic nitrogens is 1. The highest BCUT2D eigenvalue weighted by Gasteiger charge is 2.33. The zero-order chi connectivity index (χ0) is 22.2. The molecule has 2 heterocycles. The molecule has 166 valence electrons. The lowest BCUT2D eigenvalue weighted by molar-refractivity contribution is -0.274. The Morgan fingerprint density at radius 1 is 1.23 bits per heavy atom. The van der Waals surface area contributed by atoms with Crippen LogP contribution in [0.5, 0.6) is 5.75 Å². The summed E-state index contributed by atoms with van der Waals surface area (Å²) in [5.74, 6) is 0.458. The fourth-order valence-electron chi connectivity index (χ4n) is 3.54. The number of thiazole rings is 1. The number of carbonyl (C=O) groups is 2. The van der Waals surface area contributed by atoms with Crippen LogP contribution in [-0.4, -0.2) is 41.2 Å². The van der Waals surface area contributed by atoms with Gasteiger partial charge >= 0.3 is 12.4 Å². The summed E-state index contributed by atoms with van der Waals surface area (Å²) in [6.45, 7) is 2.95. The van der Waals surface area contributed by atoms with E-state index in [2.05, 4.69) is 9.72 Å². The van der Waals surface area contributed by atoms with Crippen LogP contribution >= 0.6 is 11.3 Å². The lowest BCUT2D eigenvalue weighted by Gasteiger charge is -2.17. The minimum Gasteiger partial charge on any atom is -0.406 e. The molecule has 0 bridgehead atoms. The zero-order valence-corrected chi connectivity index (χ0v) is 17.8. The van der Waals surface area contributed by atoms with Gasteiger partial charge in [0.05, 0.1) is 10.6 Å². The number of amides is 2. The quantitative estimate of drug-likeness (QED) is 0.518. The number of alkyl halides is 3. The highest BCUT2D eigenvalue weighted by molar-refractivity contribution is 7.17. The third-order valence-electron chi connectivity index (χ3n) is 5.37. The molecule has 2 aliphatic rings. The zero-order valence-electron chi connectivity index (χ0n) is 16.9. The summed E-state index contributed by atoms with van der Waals surface area (Å²) in [7, 11) is 0. The van der Waals surface area contributed by atoms with Crippen molar-refractivity contribution in [2.75, 3.05) is 18.0 Å². The second-order valence-corrected chi connectivity index (χ2v) is 8.84.